The maximum absolute atomic E-state index is 12.0. The smallest absolute Gasteiger partial charge is 0.234 e. The summed E-state index contributed by atoms with van der Waals surface area (Å²) in [7, 11) is -1.13. The summed E-state index contributed by atoms with van der Waals surface area (Å²) in [6, 6.07) is 5.81. The number of nitrogens with one attached hydrogen (secondary N) is 1. The second-order valence-electron chi connectivity index (χ2n) is 6.58. The van der Waals surface area contributed by atoms with E-state index in [4.69, 9.17) is 4.74 Å². The molecule has 1 fully saturated rings. The Bertz CT molecular complexity index is 668. The maximum Gasteiger partial charge on any atom is 0.234 e. The van der Waals surface area contributed by atoms with Gasteiger partial charge in [-0.2, -0.15) is 0 Å². The van der Waals surface area contributed by atoms with Gasteiger partial charge in [0.25, 0.3) is 0 Å². The van der Waals surface area contributed by atoms with Gasteiger partial charge in [-0.15, -0.1) is 0 Å². The molecule has 24 heavy (non-hydrogen) atoms. The van der Waals surface area contributed by atoms with E-state index in [9.17, 15) is 13.2 Å². The van der Waals surface area contributed by atoms with Crippen molar-refractivity contribution in [3.63, 3.8) is 0 Å². The van der Waals surface area contributed by atoms with Gasteiger partial charge in [0, 0.05) is 12.6 Å². The molecule has 1 atom stereocenters. The van der Waals surface area contributed by atoms with Crippen LogP contribution in [0.2, 0.25) is 0 Å². The number of rotatable bonds is 7. The van der Waals surface area contributed by atoms with E-state index in [0.29, 0.717) is 19.6 Å². The van der Waals surface area contributed by atoms with Crippen molar-refractivity contribution in [2.24, 2.45) is 0 Å². The van der Waals surface area contributed by atoms with Gasteiger partial charge in [-0.1, -0.05) is 6.07 Å². The summed E-state index contributed by atoms with van der Waals surface area (Å²) in [6.07, 6.45) is 0.508. The molecule has 0 radical (unpaired) electrons. The van der Waals surface area contributed by atoms with Crippen LogP contribution in [0.5, 0.6) is 5.75 Å². The molecule has 2 rings (SSSR count). The van der Waals surface area contributed by atoms with Crippen LogP contribution in [-0.4, -0.2) is 63.5 Å². The standard InChI is InChI=1S/C17H26N2O4S/c1-13-8-14(2)10-16(9-13)23-6-5-19(3)11-17(20)18-15-4-7-24(21,22)12-15/h8-10,15H,4-7,11-12H2,1-3H3,(H,18,20)/t15-/m1/s1. The van der Waals surface area contributed by atoms with Gasteiger partial charge in [-0.05, 0) is 50.6 Å². The molecule has 134 valence electrons. The average molecular weight is 354 g/mol. The van der Waals surface area contributed by atoms with Crippen molar-refractivity contribution in [3.8, 4) is 5.75 Å². The SMILES string of the molecule is Cc1cc(C)cc(OCCN(C)CC(=O)N[C@@H]2CCS(=O)(=O)C2)c1. The fourth-order valence-corrected chi connectivity index (χ4v) is 4.52. The average Bonchev–Trinajstić information content (AvgIpc) is 2.76. The van der Waals surface area contributed by atoms with Gasteiger partial charge >= 0.3 is 0 Å². The lowest BCUT2D eigenvalue weighted by Gasteiger charge is -2.18. The number of hydrogen-bond acceptors (Lipinski definition) is 5. The fourth-order valence-electron chi connectivity index (χ4n) is 2.84. The van der Waals surface area contributed by atoms with Crippen molar-refractivity contribution in [2.45, 2.75) is 26.3 Å². The third kappa shape index (κ3) is 6.13. The number of carbonyl (C=O) groups is 1. The minimum absolute atomic E-state index is 0.0538. The van der Waals surface area contributed by atoms with E-state index in [0.717, 1.165) is 16.9 Å². The lowest BCUT2D eigenvalue weighted by Crippen LogP contribution is -2.42. The Morgan fingerprint density at radius 3 is 2.54 bits per heavy atom. The van der Waals surface area contributed by atoms with Crippen molar-refractivity contribution < 1.29 is 17.9 Å². The Morgan fingerprint density at radius 2 is 1.96 bits per heavy atom. The van der Waals surface area contributed by atoms with E-state index >= 15 is 0 Å². The highest BCUT2D eigenvalue weighted by atomic mass is 32.2. The molecule has 1 aromatic carbocycles. The van der Waals surface area contributed by atoms with Gasteiger partial charge in [-0.25, -0.2) is 8.42 Å². The molecule has 0 saturated carbocycles. The Hall–Kier alpha value is -1.60. The van der Waals surface area contributed by atoms with E-state index in [1.54, 1.807) is 0 Å². The van der Waals surface area contributed by atoms with Gasteiger partial charge in [0.15, 0.2) is 9.84 Å². The Morgan fingerprint density at radius 1 is 1.29 bits per heavy atom. The first-order valence-corrected chi connectivity index (χ1v) is 9.95. The number of sulfone groups is 1. The first-order chi connectivity index (χ1) is 11.2. The molecule has 0 spiro atoms. The molecule has 1 amide bonds. The Kier molecular flexibility index (Phi) is 6.23. The summed E-state index contributed by atoms with van der Waals surface area (Å²) in [4.78, 5) is 13.8. The number of aryl methyl sites for hydroxylation is 2. The van der Waals surface area contributed by atoms with E-state index < -0.39 is 9.84 Å². The van der Waals surface area contributed by atoms with Crippen LogP contribution in [0.1, 0.15) is 17.5 Å². The molecule has 1 aromatic rings. The topological polar surface area (TPSA) is 75.7 Å². The second-order valence-corrected chi connectivity index (χ2v) is 8.81. The van der Waals surface area contributed by atoms with Crippen LogP contribution >= 0.6 is 0 Å². The summed E-state index contributed by atoms with van der Waals surface area (Å²) >= 11 is 0. The third-order valence-electron chi connectivity index (χ3n) is 3.95. The minimum atomic E-state index is -2.97. The highest BCUT2D eigenvalue weighted by Crippen LogP contribution is 2.16. The number of likely N-dealkylation sites (N-methyl/N-ethyl adjacent to an activating group) is 1. The molecule has 0 unspecified atom stereocenters. The number of benzene rings is 1. The number of hydrogen-bond donors (Lipinski definition) is 1. The number of ether oxygens (including phenoxy) is 1. The van der Waals surface area contributed by atoms with Gasteiger partial charge in [0.2, 0.25) is 5.91 Å². The first kappa shape index (κ1) is 18.7. The van der Waals surface area contributed by atoms with Crippen molar-refractivity contribution in [1.29, 1.82) is 0 Å². The zero-order valence-corrected chi connectivity index (χ0v) is 15.4. The van der Waals surface area contributed by atoms with Crippen LogP contribution in [0.4, 0.5) is 0 Å². The largest absolute Gasteiger partial charge is 0.492 e. The normalized spacial score (nSPS) is 19.4. The van der Waals surface area contributed by atoms with Crippen LogP contribution < -0.4 is 10.1 Å². The molecule has 1 heterocycles. The molecule has 0 aromatic heterocycles. The Balaban J connectivity index is 1.69. The van der Waals surface area contributed by atoms with Crippen molar-refractivity contribution >= 4 is 15.7 Å². The third-order valence-corrected chi connectivity index (χ3v) is 5.72. The lowest BCUT2D eigenvalue weighted by atomic mass is 10.1. The van der Waals surface area contributed by atoms with E-state index in [2.05, 4.69) is 11.4 Å². The minimum Gasteiger partial charge on any atom is -0.492 e. The molecule has 6 nitrogen and oxygen atoms in total. The number of carbonyl (C=O) groups excluding carboxylic acids is 1. The summed E-state index contributed by atoms with van der Waals surface area (Å²) < 4.78 is 28.5. The summed E-state index contributed by atoms with van der Waals surface area (Å²) in [5.74, 6) is 0.906. The summed E-state index contributed by atoms with van der Waals surface area (Å²) in [6.45, 7) is 5.39. The van der Waals surface area contributed by atoms with E-state index in [1.807, 2.05) is 37.9 Å². The Labute approximate surface area is 144 Å². The highest BCUT2D eigenvalue weighted by Gasteiger charge is 2.28. The molecule has 1 aliphatic rings. The molecular weight excluding hydrogens is 328 g/mol. The predicted molar refractivity (Wildman–Crippen MR) is 94.1 cm³/mol. The molecule has 1 N–H and O–H groups in total. The van der Waals surface area contributed by atoms with Crippen LogP contribution in [0.3, 0.4) is 0 Å². The maximum atomic E-state index is 12.0. The van der Waals surface area contributed by atoms with Gasteiger partial charge in [-0.3, -0.25) is 9.69 Å². The second kappa shape index (κ2) is 7.98. The van der Waals surface area contributed by atoms with Crippen molar-refractivity contribution in [3.05, 3.63) is 29.3 Å². The molecule has 0 aliphatic carbocycles. The van der Waals surface area contributed by atoms with Crippen LogP contribution in [-0.2, 0) is 14.6 Å². The summed E-state index contributed by atoms with van der Waals surface area (Å²) in [5, 5.41) is 2.79. The zero-order valence-electron chi connectivity index (χ0n) is 14.5. The highest BCUT2D eigenvalue weighted by molar-refractivity contribution is 7.91. The summed E-state index contributed by atoms with van der Waals surface area (Å²) in [5.41, 5.74) is 2.31. The van der Waals surface area contributed by atoms with Crippen LogP contribution in [0, 0.1) is 13.8 Å². The van der Waals surface area contributed by atoms with Crippen LogP contribution in [0.25, 0.3) is 0 Å². The number of amides is 1. The molecule has 1 saturated heterocycles. The quantitative estimate of drug-likeness (QED) is 0.788. The monoisotopic (exact) mass is 354 g/mol. The van der Waals surface area contributed by atoms with Crippen molar-refractivity contribution in [1.82, 2.24) is 10.2 Å². The molecule has 1 aliphatic heterocycles. The van der Waals surface area contributed by atoms with Gasteiger partial charge in [0.1, 0.15) is 12.4 Å². The first-order valence-electron chi connectivity index (χ1n) is 8.13. The number of nitrogens with zero attached hydrogens (tertiary/aromatic N) is 1. The van der Waals surface area contributed by atoms with E-state index in [1.165, 1.54) is 0 Å². The van der Waals surface area contributed by atoms with Gasteiger partial charge < -0.3 is 10.1 Å². The van der Waals surface area contributed by atoms with Gasteiger partial charge in [0.05, 0.1) is 18.1 Å². The predicted octanol–water partition coefficient (Wildman–Crippen LogP) is 0.917. The fraction of sp³-hybridized carbons (Fsp3) is 0.588. The zero-order chi connectivity index (χ0) is 17.7. The molecule has 0 bridgehead atoms. The van der Waals surface area contributed by atoms with E-state index in [-0.39, 0.29) is 30.0 Å². The lowest BCUT2D eigenvalue weighted by molar-refractivity contribution is -0.122. The van der Waals surface area contributed by atoms with Crippen LogP contribution in [0.15, 0.2) is 18.2 Å². The van der Waals surface area contributed by atoms with Crippen molar-refractivity contribution in [2.75, 3.05) is 38.2 Å². The molecular formula is C17H26N2O4S. The molecule has 7 heteroatoms.